The van der Waals surface area contributed by atoms with Gasteiger partial charge in [0.15, 0.2) is 0 Å². The Morgan fingerprint density at radius 1 is 1.27 bits per heavy atom. The van der Waals surface area contributed by atoms with Crippen LogP contribution in [0.4, 0.5) is 0 Å². The minimum absolute atomic E-state index is 0.0168. The van der Waals surface area contributed by atoms with Crippen molar-refractivity contribution in [2.24, 2.45) is 5.92 Å². The van der Waals surface area contributed by atoms with Crippen LogP contribution in [-0.4, -0.2) is 26.0 Å². The van der Waals surface area contributed by atoms with E-state index in [2.05, 4.69) is 41.8 Å². The van der Waals surface area contributed by atoms with E-state index in [0.717, 1.165) is 13.1 Å². The van der Waals surface area contributed by atoms with E-state index in [9.17, 15) is 4.79 Å². The maximum absolute atomic E-state index is 12.3. The van der Waals surface area contributed by atoms with E-state index in [4.69, 9.17) is 0 Å². The zero-order valence-electron chi connectivity index (χ0n) is 14.2. The fraction of sp³-hybridized carbons (Fsp3) is 0.632. The lowest BCUT2D eigenvalue weighted by Gasteiger charge is -2.38. The zero-order chi connectivity index (χ0) is 16.0. The van der Waals surface area contributed by atoms with Gasteiger partial charge in [-0.3, -0.25) is 4.79 Å². The molecule has 3 nitrogen and oxygen atoms in total. The molecule has 0 aliphatic heterocycles. The molecule has 0 radical (unpaired) electrons. The minimum Gasteiger partial charge on any atom is -0.355 e. The third kappa shape index (κ3) is 4.10. The number of carbonyl (C=O) groups is 1. The molecular formula is C19H30N2O. The molecule has 22 heavy (non-hydrogen) atoms. The highest BCUT2D eigenvalue weighted by Crippen LogP contribution is 2.39. The van der Waals surface area contributed by atoms with Gasteiger partial charge >= 0.3 is 0 Å². The van der Waals surface area contributed by atoms with Crippen molar-refractivity contribution in [2.45, 2.75) is 51.4 Å². The summed E-state index contributed by atoms with van der Waals surface area (Å²) in [6.45, 7) is 5.62. The molecule has 1 saturated carbocycles. The maximum atomic E-state index is 12.3. The molecule has 1 aromatic rings. The summed E-state index contributed by atoms with van der Waals surface area (Å²) in [4.78, 5) is 12.3. The van der Waals surface area contributed by atoms with Crippen LogP contribution >= 0.6 is 0 Å². The molecule has 1 fully saturated rings. The Kier molecular flexibility index (Phi) is 6.01. The summed E-state index contributed by atoms with van der Waals surface area (Å²) in [6, 6.07) is 8.83. The number of rotatable bonds is 6. The van der Waals surface area contributed by atoms with E-state index in [1.165, 1.54) is 43.2 Å². The van der Waals surface area contributed by atoms with Gasteiger partial charge in [-0.2, -0.15) is 0 Å². The van der Waals surface area contributed by atoms with Crippen LogP contribution in [-0.2, 0) is 10.2 Å². The summed E-state index contributed by atoms with van der Waals surface area (Å²) in [7, 11) is 1.89. The summed E-state index contributed by atoms with van der Waals surface area (Å²) >= 11 is 0. The average Bonchev–Trinajstić information content (AvgIpc) is 2.53. The number of aryl methyl sites for hydroxylation is 1. The van der Waals surface area contributed by atoms with E-state index >= 15 is 0 Å². The standard InChI is InChI=1S/C19H30N2O/c1-15-8-7-9-17(12-15)19(10-5-4-6-11-19)14-21-18(22)16(2)13-20-3/h7-9,12,16,20H,4-6,10-11,13-14H2,1-3H3,(H,21,22). The predicted octanol–water partition coefficient (Wildman–Crippen LogP) is 3.17. The SMILES string of the molecule is CNCC(C)C(=O)NCC1(c2cccc(C)c2)CCCCC1. The Balaban J connectivity index is 2.11. The predicted molar refractivity (Wildman–Crippen MR) is 92.0 cm³/mol. The highest BCUT2D eigenvalue weighted by atomic mass is 16.1. The van der Waals surface area contributed by atoms with Crippen LogP contribution in [0.5, 0.6) is 0 Å². The van der Waals surface area contributed by atoms with Crippen LogP contribution < -0.4 is 10.6 Å². The Bertz CT molecular complexity index is 492. The first kappa shape index (κ1) is 17.0. The fourth-order valence-corrected chi connectivity index (χ4v) is 3.60. The monoisotopic (exact) mass is 302 g/mol. The summed E-state index contributed by atoms with van der Waals surface area (Å²) in [6.07, 6.45) is 6.19. The lowest BCUT2D eigenvalue weighted by atomic mass is 9.69. The molecule has 3 heteroatoms. The highest BCUT2D eigenvalue weighted by molar-refractivity contribution is 5.78. The van der Waals surface area contributed by atoms with Gasteiger partial charge in [-0.1, -0.05) is 56.0 Å². The second kappa shape index (κ2) is 7.77. The van der Waals surface area contributed by atoms with Gasteiger partial charge in [0.05, 0.1) is 0 Å². The van der Waals surface area contributed by atoms with E-state index in [1.807, 2.05) is 14.0 Å². The zero-order valence-corrected chi connectivity index (χ0v) is 14.2. The van der Waals surface area contributed by atoms with E-state index < -0.39 is 0 Å². The molecule has 1 atom stereocenters. The van der Waals surface area contributed by atoms with Gasteiger partial charge in [0.25, 0.3) is 0 Å². The van der Waals surface area contributed by atoms with Crippen molar-refractivity contribution in [3.63, 3.8) is 0 Å². The molecule has 122 valence electrons. The molecule has 2 N–H and O–H groups in total. The smallest absolute Gasteiger partial charge is 0.224 e. The van der Waals surface area contributed by atoms with Crippen LogP contribution in [0, 0.1) is 12.8 Å². The quantitative estimate of drug-likeness (QED) is 0.847. The molecule has 0 aromatic heterocycles. The van der Waals surface area contributed by atoms with Crippen molar-refractivity contribution < 1.29 is 4.79 Å². The molecule has 0 spiro atoms. The number of hydrogen-bond acceptors (Lipinski definition) is 2. The summed E-state index contributed by atoms with van der Waals surface area (Å²) in [5.41, 5.74) is 2.82. The Morgan fingerprint density at radius 3 is 2.64 bits per heavy atom. The first-order chi connectivity index (χ1) is 10.6. The molecule has 1 amide bonds. The van der Waals surface area contributed by atoms with Crippen molar-refractivity contribution in [3.05, 3.63) is 35.4 Å². The van der Waals surface area contributed by atoms with Crippen molar-refractivity contribution in [2.75, 3.05) is 20.1 Å². The van der Waals surface area contributed by atoms with Gasteiger partial charge in [-0.05, 0) is 32.4 Å². The molecule has 2 rings (SSSR count). The van der Waals surface area contributed by atoms with Crippen LogP contribution in [0.15, 0.2) is 24.3 Å². The summed E-state index contributed by atoms with van der Waals surface area (Å²) in [5.74, 6) is 0.176. The average molecular weight is 302 g/mol. The van der Waals surface area contributed by atoms with Crippen LogP contribution in [0.3, 0.4) is 0 Å². The molecular weight excluding hydrogens is 272 g/mol. The Hall–Kier alpha value is -1.35. The maximum Gasteiger partial charge on any atom is 0.224 e. The van der Waals surface area contributed by atoms with Gasteiger partial charge in [0.1, 0.15) is 0 Å². The van der Waals surface area contributed by atoms with Crippen molar-refractivity contribution in [1.29, 1.82) is 0 Å². The topological polar surface area (TPSA) is 41.1 Å². The fourth-order valence-electron chi connectivity index (χ4n) is 3.60. The molecule has 0 bridgehead atoms. The number of carbonyl (C=O) groups excluding carboxylic acids is 1. The van der Waals surface area contributed by atoms with E-state index in [1.54, 1.807) is 0 Å². The van der Waals surface area contributed by atoms with Crippen LogP contribution in [0.2, 0.25) is 0 Å². The van der Waals surface area contributed by atoms with Gasteiger partial charge in [0.2, 0.25) is 5.91 Å². The van der Waals surface area contributed by atoms with Crippen LogP contribution in [0.1, 0.15) is 50.2 Å². The lowest BCUT2D eigenvalue weighted by molar-refractivity contribution is -0.124. The lowest BCUT2D eigenvalue weighted by Crippen LogP contribution is -2.44. The molecule has 0 saturated heterocycles. The van der Waals surface area contributed by atoms with Crippen LogP contribution in [0.25, 0.3) is 0 Å². The number of hydrogen-bond donors (Lipinski definition) is 2. The largest absolute Gasteiger partial charge is 0.355 e. The molecule has 0 heterocycles. The first-order valence-electron chi connectivity index (χ1n) is 8.57. The second-order valence-electron chi connectivity index (χ2n) is 6.89. The van der Waals surface area contributed by atoms with Crippen molar-refractivity contribution >= 4 is 5.91 Å². The van der Waals surface area contributed by atoms with Gasteiger partial charge in [-0.15, -0.1) is 0 Å². The minimum atomic E-state index is 0.0168. The van der Waals surface area contributed by atoms with Gasteiger partial charge in [0, 0.05) is 24.4 Å². The molecule has 1 aromatic carbocycles. The number of nitrogens with one attached hydrogen (secondary N) is 2. The highest BCUT2D eigenvalue weighted by Gasteiger charge is 2.34. The Morgan fingerprint density at radius 2 is 2.00 bits per heavy atom. The van der Waals surface area contributed by atoms with E-state index in [-0.39, 0.29) is 17.2 Å². The summed E-state index contributed by atoms with van der Waals surface area (Å²) < 4.78 is 0. The third-order valence-corrected chi connectivity index (χ3v) is 5.00. The second-order valence-corrected chi connectivity index (χ2v) is 6.89. The molecule has 1 aliphatic rings. The number of amides is 1. The number of benzene rings is 1. The summed E-state index contributed by atoms with van der Waals surface area (Å²) in [5, 5.41) is 6.29. The Labute approximate surface area is 134 Å². The van der Waals surface area contributed by atoms with Crippen molar-refractivity contribution in [3.8, 4) is 0 Å². The first-order valence-corrected chi connectivity index (χ1v) is 8.57. The van der Waals surface area contributed by atoms with E-state index in [0.29, 0.717) is 0 Å². The van der Waals surface area contributed by atoms with Gasteiger partial charge < -0.3 is 10.6 Å². The molecule has 1 aliphatic carbocycles. The normalized spacial score (nSPS) is 18.7. The third-order valence-electron chi connectivity index (χ3n) is 5.00. The molecule has 1 unspecified atom stereocenters. The van der Waals surface area contributed by atoms with Gasteiger partial charge in [-0.25, -0.2) is 0 Å². The van der Waals surface area contributed by atoms with Crippen molar-refractivity contribution in [1.82, 2.24) is 10.6 Å².